The summed E-state index contributed by atoms with van der Waals surface area (Å²) >= 11 is 11.5. The second kappa shape index (κ2) is 3.78. The van der Waals surface area contributed by atoms with Gasteiger partial charge < -0.3 is 5.32 Å². The van der Waals surface area contributed by atoms with Crippen LogP contribution in [0.5, 0.6) is 0 Å². The van der Waals surface area contributed by atoms with Gasteiger partial charge in [0, 0.05) is 24.2 Å². The second-order valence-corrected chi connectivity index (χ2v) is 3.77. The van der Waals surface area contributed by atoms with Crippen molar-refractivity contribution in [1.82, 2.24) is 15.3 Å². The molecular formula is C8H9Cl2N3. The number of hydrogen-bond donors (Lipinski definition) is 1. The quantitative estimate of drug-likeness (QED) is 0.577. The highest BCUT2D eigenvalue weighted by Gasteiger charge is 2.20. The third kappa shape index (κ3) is 1.93. The Balaban J connectivity index is 2.29. The van der Waals surface area contributed by atoms with Crippen molar-refractivity contribution in [3.05, 3.63) is 22.2 Å². The molecule has 1 aromatic heterocycles. The van der Waals surface area contributed by atoms with E-state index in [0.29, 0.717) is 11.1 Å². The lowest BCUT2D eigenvalue weighted by Gasteiger charge is -2.08. The van der Waals surface area contributed by atoms with Crippen LogP contribution in [-0.2, 0) is 0 Å². The van der Waals surface area contributed by atoms with Crippen LogP contribution in [0.1, 0.15) is 17.9 Å². The van der Waals surface area contributed by atoms with Gasteiger partial charge in [0.2, 0.25) is 5.28 Å². The van der Waals surface area contributed by atoms with E-state index in [1.165, 1.54) is 0 Å². The van der Waals surface area contributed by atoms with Crippen LogP contribution in [0.25, 0.3) is 0 Å². The Bertz CT molecular complexity index is 310. The Labute approximate surface area is 86.5 Å². The Hall–Kier alpha value is -0.380. The van der Waals surface area contributed by atoms with Gasteiger partial charge in [-0.05, 0) is 24.6 Å². The number of nitrogens with zero attached hydrogens (tertiary/aromatic N) is 2. The average molecular weight is 218 g/mol. The summed E-state index contributed by atoms with van der Waals surface area (Å²) in [7, 11) is 0. The van der Waals surface area contributed by atoms with Crippen molar-refractivity contribution >= 4 is 23.2 Å². The third-order valence-corrected chi connectivity index (χ3v) is 2.72. The Kier molecular flexibility index (Phi) is 2.67. The molecule has 70 valence electrons. The van der Waals surface area contributed by atoms with Crippen LogP contribution in [0, 0.1) is 0 Å². The summed E-state index contributed by atoms with van der Waals surface area (Å²) in [5, 5.41) is 3.95. The van der Waals surface area contributed by atoms with E-state index < -0.39 is 0 Å². The molecule has 13 heavy (non-hydrogen) atoms. The highest BCUT2D eigenvalue weighted by molar-refractivity contribution is 6.32. The summed E-state index contributed by atoms with van der Waals surface area (Å²) in [5.41, 5.74) is 0.996. The molecule has 5 heteroatoms. The van der Waals surface area contributed by atoms with Crippen LogP contribution in [0.4, 0.5) is 0 Å². The first-order chi connectivity index (χ1) is 6.27. The van der Waals surface area contributed by atoms with E-state index in [9.17, 15) is 0 Å². The molecule has 0 amide bonds. The van der Waals surface area contributed by atoms with Gasteiger partial charge in [-0.2, -0.15) is 0 Å². The standard InChI is InChI=1S/C8H9Cl2N3/c9-7-6(4-12-8(10)13-7)5-1-2-11-3-5/h4-5,11H,1-3H2. The van der Waals surface area contributed by atoms with Gasteiger partial charge in [0.15, 0.2) is 0 Å². The maximum atomic E-state index is 5.95. The Morgan fingerprint density at radius 2 is 2.31 bits per heavy atom. The molecule has 3 nitrogen and oxygen atoms in total. The molecule has 2 heterocycles. The minimum absolute atomic E-state index is 0.208. The molecule has 1 saturated heterocycles. The first-order valence-corrected chi connectivity index (χ1v) is 4.91. The van der Waals surface area contributed by atoms with Gasteiger partial charge in [0.25, 0.3) is 0 Å². The predicted molar refractivity (Wildman–Crippen MR) is 52.3 cm³/mol. The number of rotatable bonds is 1. The molecule has 0 aromatic carbocycles. The molecule has 1 atom stereocenters. The van der Waals surface area contributed by atoms with Gasteiger partial charge in [-0.1, -0.05) is 11.6 Å². The second-order valence-electron chi connectivity index (χ2n) is 3.07. The fourth-order valence-electron chi connectivity index (χ4n) is 1.54. The zero-order valence-electron chi connectivity index (χ0n) is 6.93. The SMILES string of the molecule is Clc1ncc(C2CCNC2)c(Cl)n1. The van der Waals surface area contributed by atoms with E-state index in [1.54, 1.807) is 6.20 Å². The maximum Gasteiger partial charge on any atom is 0.223 e. The largest absolute Gasteiger partial charge is 0.316 e. The van der Waals surface area contributed by atoms with Gasteiger partial charge in [-0.25, -0.2) is 9.97 Å². The van der Waals surface area contributed by atoms with Crippen LogP contribution in [0.3, 0.4) is 0 Å². The summed E-state index contributed by atoms with van der Waals surface area (Å²) < 4.78 is 0. The monoisotopic (exact) mass is 217 g/mol. The molecule has 0 bridgehead atoms. The maximum absolute atomic E-state index is 5.95. The smallest absolute Gasteiger partial charge is 0.223 e. The first kappa shape index (κ1) is 9.19. The van der Waals surface area contributed by atoms with Crippen molar-refractivity contribution in [2.75, 3.05) is 13.1 Å². The highest BCUT2D eigenvalue weighted by Crippen LogP contribution is 2.27. The summed E-state index contributed by atoms with van der Waals surface area (Å²) in [6, 6.07) is 0. The molecule has 1 aromatic rings. The minimum Gasteiger partial charge on any atom is -0.316 e. The topological polar surface area (TPSA) is 37.8 Å². The summed E-state index contributed by atoms with van der Waals surface area (Å²) in [6.45, 7) is 1.98. The molecule has 0 saturated carbocycles. The number of halogens is 2. The normalized spacial score (nSPS) is 22.2. The van der Waals surface area contributed by atoms with Gasteiger partial charge in [0.05, 0.1) is 0 Å². The molecular weight excluding hydrogens is 209 g/mol. The van der Waals surface area contributed by atoms with Crippen molar-refractivity contribution in [2.45, 2.75) is 12.3 Å². The summed E-state index contributed by atoms with van der Waals surface area (Å²) in [6.07, 6.45) is 2.81. The van der Waals surface area contributed by atoms with Crippen molar-refractivity contribution in [2.24, 2.45) is 0 Å². The van der Waals surface area contributed by atoms with Crippen LogP contribution in [0.15, 0.2) is 6.20 Å². The number of aromatic nitrogens is 2. The Morgan fingerprint density at radius 1 is 1.46 bits per heavy atom. The van der Waals surface area contributed by atoms with Crippen LogP contribution >= 0.6 is 23.2 Å². The lowest BCUT2D eigenvalue weighted by Crippen LogP contribution is -2.08. The van der Waals surface area contributed by atoms with E-state index in [-0.39, 0.29) is 5.28 Å². The van der Waals surface area contributed by atoms with Crippen molar-refractivity contribution in [3.63, 3.8) is 0 Å². The van der Waals surface area contributed by atoms with Crippen molar-refractivity contribution < 1.29 is 0 Å². The number of nitrogens with one attached hydrogen (secondary N) is 1. The highest BCUT2D eigenvalue weighted by atomic mass is 35.5. The molecule has 1 aliphatic rings. The van der Waals surface area contributed by atoms with E-state index in [1.807, 2.05) is 0 Å². The van der Waals surface area contributed by atoms with Crippen LogP contribution in [0.2, 0.25) is 10.4 Å². The molecule has 0 spiro atoms. The van der Waals surface area contributed by atoms with Crippen LogP contribution < -0.4 is 5.32 Å². The molecule has 0 aliphatic carbocycles. The molecule has 1 N–H and O–H groups in total. The molecule has 1 fully saturated rings. The summed E-state index contributed by atoms with van der Waals surface area (Å²) in [4.78, 5) is 7.84. The van der Waals surface area contributed by atoms with E-state index >= 15 is 0 Å². The average Bonchev–Trinajstić information content (AvgIpc) is 2.56. The summed E-state index contributed by atoms with van der Waals surface area (Å²) in [5.74, 6) is 0.435. The zero-order valence-corrected chi connectivity index (χ0v) is 8.44. The third-order valence-electron chi connectivity index (χ3n) is 2.24. The Morgan fingerprint density at radius 3 is 2.92 bits per heavy atom. The van der Waals surface area contributed by atoms with E-state index in [0.717, 1.165) is 25.1 Å². The van der Waals surface area contributed by atoms with E-state index in [2.05, 4.69) is 15.3 Å². The molecule has 1 unspecified atom stereocenters. The fraction of sp³-hybridized carbons (Fsp3) is 0.500. The van der Waals surface area contributed by atoms with E-state index in [4.69, 9.17) is 23.2 Å². The predicted octanol–water partition coefficient (Wildman–Crippen LogP) is 1.86. The van der Waals surface area contributed by atoms with Gasteiger partial charge in [-0.3, -0.25) is 0 Å². The fourth-order valence-corrected chi connectivity index (χ4v) is 2.00. The van der Waals surface area contributed by atoms with Gasteiger partial charge in [-0.15, -0.1) is 0 Å². The molecule has 1 aliphatic heterocycles. The van der Waals surface area contributed by atoms with Crippen LogP contribution in [-0.4, -0.2) is 23.1 Å². The number of hydrogen-bond acceptors (Lipinski definition) is 3. The van der Waals surface area contributed by atoms with Gasteiger partial charge >= 0.3 is 0 Å². The zero-order chi connectivity index (χ0) is 9.26. The molecule has 2 rings (SSSR count). The first-order valence-electron chi connectivity index (χ1n) is 4.16. The van der Waals surface area contributed by atoms with Crippen molar-refractivity contribution in [3.8, 4) is 0 Å². The van der Waals surface area contributed by atoms with Gasteiger partial charge in [0.1, 0.15) is 5.15 Å². The molecule has 0 radical (unpaired) electrons. The van der Waals surface area contributed by atoms with Crippen molar-refractivity contribution in [1.29, 1.82) is 0 Å². The lowest BCUT2D eigenvalue weighted by atomic mass is 10.0. The lowest BCUT2D eigenvalue weighted by molar-refractivity contribution is 0.753. The minimum atomic E-state index is 0.208.